The van der Waals surface area contributed by atoms with Crippen LogP contribution in [0.1, 0.15) is 19.3 Å². The number of nitrogens with zero attached hydrogens (tertiary/aromatic N) is 3. The number of nitrogens with one attached hydrogen (secondary N) is 3. The van der Waals surface area contributed by atoms with Crippen molar-refractivity contribution in [2.45, 2.75) is 19.3 Å². The Balaban J connectivity index is 5.29. The first-order valence-electron chi connectivity index (χ1n) is 12.5. The minimum atomic E-state index is -3.96. The first kappa shape index (κ1) is 34.1. The van der Waals surface area contributed by atoms with Gasteiger partial charge in [-0.2, -0.15) is 13.9 Å². The molecule has 0 aliphatic carbocycles. The van der Waals surface area contributed by atoms with Crippen molar-refractivity contribution in [3.05, 3.63) is 38.0 Å². The van der Waals surface area contributed by atoms with Crippen molar-refractivity contribution in [3.63, 3.8) is 0 Å². The molecule has 0 fully saturated rings. The van der Waals surface area contributed by atoms with Gasteiger partial charge in [-0.3, -0.25) is 0 Å². The molecule has 0 amide bonds. The van der Waals surface area contributed by atoms with Crippen molar-refractivity contribution in [3.8, 4) is 0 Å². The Kier molecular flexibility index (Phi) is 17.1. The van der Waals surface area contributed by atoms with Gasteiger partial charge in [-0.15, -0.1) is 19.7 Å². The van der Waals surface area contributed by atoms with Crippen molar-refractivity contribution in [2.24, 2.45) is 0 Å². The monoisotopic (exact) mass is 521 g/mol. The standard InChI is InChI=1S/C24H54N6O4P/c1-10-16-25-19-13-22-28(4,5)32-35(31,33-29(6,7)23-14-20-26-17-11-2)34-30(8,9)24-15-21-27-18-12-3/h10-12,25-27H,1-3,13-24H2,4-9H3/q+3. The van der Waals surface area contributed by atoms with E-state index < -0.39 is 7.82 Å². The predicted octanol–water partition coefficient (Wildman–Crippen LogP) is 2.62. The maximum absolute atomic E-state index is 14.1. The second-order valence-corrected chi connectivity index (χ2v) is 11.5. The van der Waals surface area contributed by atoms with Gasteiger partial charge in [-0.05, 0) is 0 Å². The molecular formula is C24H54N6O4P+3. The SMILES string of the molecule is C=CCNCCC[N+](C)(C)OP(=O)(O[N+](C)(C)CCCNCC=C)O[N+](C)(C)CCCNCC=C. The molecule has 0 spiro atoms. The highest BCUT2D eigenvalue weighted by molar-refractivity contribution is 7.48. The molecule has 0 bridgehead atoms. The number of rotatable bonds is 24. The van der Waals surface area contributed by atoms with Crippen LogP contribution in [0.15, 0.2) is 38.0 Å². The van der Waals surface area contributed by atoms with E-state index in [2.05, 4.69) is 35.7 Å². The van der Waals surface area contributed by atoms with Crippen molar-refractivity contribution in [1.29, 1.82) is 0 Å². The Morgan fingerprint density at radius 3 is 1.09 bits per heavy atom. The number of hydrogen-bond acceptors (Lipinski definition) is 7. The van der Waals surface area contributed by atoms with Crippen molar-refractivity contribution in [2.75, 3.05) is 101 Å². The molecule has 10 nitrogen and oxygen atoms in total. The molecule has 0 aromatic heterocycles. The van der Waals surface area contributed by atoms with Crippen LogP contribution in [-0.4, -0.2) is 115 Å². The molecule has 0 saturated carbocycles. The second-order valence-electron chi connectivity index (χ2n) is 10.1. The first-order chi connectivity index (χ1) is 16.3. The molecule has 0 atom stereocenters. The van der Waals surface area contributed by atoms with Crippen LogP contribution in [0.25, 0.3) is 0 Å². The number of quaternary nitrogens is 3. The molecule has 0 aromatic carbocycles. The summed E-state index contributed by atoms with van der Waals surface area (Å²) in [6.45, 7) is 17.7. The smallest absolute Gasteiger partial charge is 0.313 e. The van der Waals surface area contributed by atoms with Crippen LogP contribution in [0.3, 0.4) is 0 Å². The van der Waals surface area contributed by atoms with Gasteiger partial charge < -0.3 is 16.0 Å². The molecule has 0 rings (SSSR count). The largest absolute Gasteiger partial charge is 0.615 e. The van der Waals surface area contributed by atoms with E-state index in [1.54, 1.807) is 0 Å². The number of hydrogen-bond donors (Lipinski definition) is 3. The Hall–Kier alpha value is -0.910. The summed E-state index contributed by atoms with van der Waals surface area (Å²) in [7, 11) is 7.24. The topological polar surface area (TPSA) is 80.9 Å². The lowest BCUT2D eigenvalue weighted by Crippen LogP contribution is -2.48. The maximum atomic E-state index is 14.1. The van der Waals surface area contributed by atoms with Crippen LogP contribution in [0, 0.1) is 0 Å². The summed E-state index contributed by atoms with van der Waals surface area (Å²) in [4.78, 5) is 0. The van der Waals surface area contributed by atoms with Crippen LogP contribution in [0.5, 0.6) is 0 Å². The van der Waals surface area contributed by atoms with Crippen LogP contribution in [-0.2, 0) is 18.4 Å². The van der Waals surface area contributed by atoms with E-state index >= 15 is 0 Å². The van der Waals surface area contributed by atoms with E-state index in [-0.39, 0.29) is 13.9 Å². The normalized spacial score (nSPS) is 13.1. The molecule has 0 aliphatic heterocycles. The zero-order valence-corrected chi connectivity index (χ0v) is 24.2. The Morgan fingerprint density at radius 2 is 0.857 bits per heavy atom. The second kappa shape index (κ2) is 17.5. The summed E-state index contributed by atoms with van der Waals surface area (Å²) < 4.78 is 32.5. The molecule has 35 heavy (non-hydrogen) atoms. The van der Waals surface area contributed by atoms with Crippen LogP contribution in [0.4, 0.5) is 0 Å². The van der Waals surface area contributed by atoms with Crippen LogP contribution in [0.2, 0.25) is 0 Å². The van der Waals surface area contributed by atoms with Gasteiger partial charge in [0.15, 0.2) is 0 Å². The van der Waals surface area contributed by atoms with Gasteiger partial charge in [-0.25, -0.2) is 4.57 Å². The predicted molar refractivity (Wildman–Crippen MR) is 145 cm³/mol. The fourth-order valence-electron chi connectivity index (χ4n) is 3.35. The van der Waals surface area contributed by atoms with Gasteiger partial charge in [0.25, 0.3) is 0 Å². The first-order valence-corrected chi connectivity index (χ1v) is 13.9. The maximum Gasteiger partial charge on any atom is 0.615 e. The molecule has 0 aliphatic rings. The van der Waals surface area contributed by atoms with Crippen LogP contribution >= 0.6 is 7.82 Å². The highest BCUT2D eigenvalue weighted by Gasteiger charge is 2.49. The third kappa shape index (κ3) is 18.9. The lowest BCUT2D eigenvalue weighted by Gasteiger charge is -2.36. The molecule has 0 aromatic rings. The minimum Gasteiger partial charge on any atom is -0.313 e. The summed E-state index contributed by atoms with van der Waals surface area (Å²) in [5.74, 6) is 0. The molecule has 0 radical (unpaired) electrons. The lowest BCUT2D eigenvalue weighted by molar-refractivity contribution is -1.10. The molecule has 0 saturated heterocycles. The molecular weight excluding hydrogens is 467 g/mol. The highest BCUT2D eigenvalue weighted by Crippen LogP contribution is 2.55. The van der Waals surface area contributed by atoms with Gasteiger partial charge in [-0.1, -0.05) is 32.1 Å². The third-order valence-corrected chi connectivity index (χ3v) is 6.91. The molecule has 206 valence electrons. The zero-order valence-electron chi connectivity index (χ0n) is 23.3. The average Bonchev–Trinajstić information content (AvgIpc) is 2.71. The quantitative estimate of drug-likeness (QED) is 0.0592. The third-order valence-electron chi connectivity index (χ3n) is 4.98. The van der Waals surface area contributed by atoms with Crippen molar-refractivity contribution in [1.82, 2.24) is 16.0 Å². The summed E-state index contributed by atoms with van der Waals surface area (Å²) in [5.41, 5.74) is 0. The number of hydroxylamine groups is 9. The van der Waals surface area contributed by atoms with Gasteiger partial charge in [0.2, 0.25) is 0 Å². The van der Waals surface area contributed by atoms with Crippen LogP contribution < -0.4 is 16.0 Å². The molecule has 0 heterocycles. The van der Waals surface area contributed by atoms with Gasteiger partial charge >= 0.3 is 7.82 Å². The fraction of sp³-hybridized carbons (Fsp3) is 0.750. The van der Waals surface area contributed by atoms with E-state index in [4.69, 9.17) is 13.9 Å². The van der Waals surface area contributed by atoms with Gasteiger partial charge in [0, 0.05) is 58.5 Å². The summed E-state index contributed by atoms with van der Waals surface area (Å²) in [5, 5.41) is 9.83. The van der Waals surface area contributed by atoms with Gasteiger partial charge in [0.1, 0.15) is 19.6 Å². The van der Waals surface area contributed by atoms with Crippen molar-refractivity contribution < 1.29 is 32.4 Å². The van der Waals surface area contributed by atoms with E-state index in [1.807, 2.05) is 60.5 Å². The highest BCUT2D eigenvalue weighted by atomic mass is 31.2. The summed E-state index contributed by atoms with van der Waals surface area (Å²) in [6.07, 6.45) is 7.98. The molecule has 11 heteroatoms. The zero-order chi connectivity index (χ0) is 26.8. The van der Waals surface area contributed by atoms with E-state index in [9.17, 15) is 4.57 Å². The fourth-order valence-corrected chi connectivity index (χ4v) is 5.30. The molecule has 0 unspecified atom stereocenters. The summed E-state index contributed by atoms with van der Waals surface area (Å²) >= 11 is 0. The van der Waals surface area contributed by atoms with E-state index in [0.29, 0.717) is 19.6 Å². The summed E-state index contributed by atoms with van der Waals surface area (Å²) in [6, 6.07) is 0. The number of phosphoric acid groups is 1. The van der Waals surface area contributed by atoms with E-state index in [1.165, 1.54) is 0 Å². The lowest BCUT2D eigenvalue weighted by atomic mass is 10.4. The Labute approximate surface area is 214 Å². The Morgan fingerprint density at radius 1 is 0.600 bits per heavy atom. The Bertz CT molecular complexity index is 572. The minimum absolute atomic E-state index is 0.0504. The average molecular weight is 522 g/mol. The van der Waals surface area contributed by atoms with E-state index in [0.717, 1.165) is 58.5 Å². The van der Waals surface area contributed by atoms with Gasteiger partial charge in [0.05, 0.1) is 42.3 Å². The molecule has 3 N–H and O–H groups in total. The van der Waals surface area contributed by atoms with Crippen molar-refractivity contribution >= 4 is 7.82 Å².